The summed E-state index contributed by atoms with van der Waals surface area (Å²) < 4.78 is 0. The Morgan fingerprint density at radius 2 is 1.64 bits per heavy atom. The zero-order valence-corrected chi connectivity index (χ0v) is 16.3. The van der Waals surface area contributed by atoms with Crippen LogP contribution < -0.4 is 4.90 Å². The lowest BCUT2D eigenvalue weighted by Crippen LogP contribution is -2.49. The van der Waals surface area contributed by atoms with Crippen LogP contribution in [0.4, 0.5) is 5.82 Å². The van der Waals surface area contributed by atoms with E-state index in [9.17, 15) is 4.79 Å². The van der Waals surface area contributed by atoms with E-state index in [2.05, 4.69) is 17.0 Å². The molecule has 2 aromatic carbocycles. The molecule has 1 amide bonds. The summed E-state index contributed by atoms with van der Waals surface area (Å²) in [5, 5.41) is 1.59. The van der Waals surface area contributed by atoms with E-state index in [-0.39, 0.29) is 5.91 Å². The molecule has 1 saturated carbocycles. The molecule has 0 radical (unpaired) electrons. The molecule has 0 spiro atoms. The van der Waals surface area contributed by atoms with E-state index in [0.717, 1.165) is 35.6 Å². The highest BCUT2D eigenvalue weighted by Crippen LogP contribution is 2.40. The van der Waals surface area contributed by atoms with Crippen LogP contribution >= 0.6 is 11.6 Å². The number of anilines is 1. The molecule has 28 heavy (non-hydrogen) atoms. The van der Waals surface area contributed by atoms with Crippen LogP contribution in [0.3, 0.4) is 0 Å². The third-order valence-corrected chi connectivity index (χ3v) is 5.84. The number of benzene rings is 2. The Balaban J connectivity index is 1.38. The number of hydrogen-bond acceptors (Lipinski definition) is 4. The zero-order chi connectivity index (χ0) is 19.1. The van der Waals surface area contributed by atoms with Crippen molar-refractivity contribution < 1.29 is 4.79 Å². The van der Waals surface area contributed by atoms with Crippen LogP contribution in [-0.4, -0.2) is 47.0 Å². The number of carbonyl (C=O) groups excluding carboxylic acids is 1. The number of halogens is 1. The first kappa shape index (κ1) is 17.4. The number of hydrogen-bond donors (Lipinski definition) is 0. The molecule has 142 valence electrons. The van der Waals surface area contributed by atoms with E-state index < -0.39 is 0 Å². The molecule has 5 nitrogen and oxygen atoms in total. The van der Waals surface area contributed by atoms with Gasteiger partial charge < -0.3 is 9.80 Å². The predicted molar refractivity (Wildman–Crippen MR) is 111 cm³/mol. The van der Waals surface area contributed by atoms with E-state index in [4.69, 9.17) is 21.6 Å². The number of carbonyl (C=O) groups is 1. The van der Waals surface area contributed by atoms with Gasteiger partial charge in [-0.1, -0.05) is 35.9 Å². The fourth-order valence-corrected chi connectivity index (χ4v) is 3.99. The maximum Gasteiger partial charge on any atom is 0.255 e. The molecule has 2 heterocycles. The fourth-order valence-electron chi connectivity index (χ4n) is 3.77. The van der Waals surface area contributed by atoms with Crippen LogP contribution in [0.5, 0.6) is 0 Å². The van der Waals surface area contributed by atoms with Crippen molar-refractivity contribution in [2.45, 2.75) is 18.8 Å². The van der Waals surface area contributed by atoms with E-state index in [1.807, 2.05) is 29.2 Å². The quantitative estimate of drug-likeness (QED) is 0.672. The van der Waals surface area contributed by atoms with Crippen LogP contribution in [0.2, 0.25) is 5.02 Å². The highest BCUT2D eigenvalue weighted by Gasteiger charge is 2.30. The second kappa shape index (κ2) is 7.06. The van der Waals surface area contributed by atoms with Crippen molar-refractivity contribution >= 4 is 34.2 Å². The minimum Gasteiger partial charge on any atom is -0.352 e. The second-order valence-corrected chi connectivity index (χ2v) is 7.86. The summed E-state index contributed by atoms with van der Waals surface area (Å²) in [4.78, 5) is 26.7. The summed E-state index contributed by atoms with van der Waals surface area (Å²) in [5.41, 5.74) is 1.57. The maximum absolute atomic E-state index is 12.8. The molecule has 3 aromatic rings. The Hall–Kier alpha value is -2.66. The number of piperazine rings is 1. The summed E-state index contributed by atoms with van der Waals surface area (Å²) in [5.74, 6) is 2.46. The van der Waals surface area contributed by atoms with Gasteiger partial charge in [-0.15, -0.1) is 0 Å². The van der Waals surface area contributed by atoms with Crippen molar-refractivity contribution in [2.75, 3.05) is 31.1 Å². The Bertz CT molecular complexity index is 1040. The Kier molecular flexibility index (Phi) is 4.40. The maximum atomic E-state index is 12.8. The van der Waals surface area contributed by atoms with Gasteiger partial charge in [-0.3, -0.25) is 4.79 Å². The SMILES string of the molecule is O=C(c1ccccc1Cl)N1CCN(c2nc(C3CC3)nc3ccccc23)CC1. The first-order valence-electron chi connectivity index (χ1n) is 9.76. The van der Waals surface area contributed by atoms with Crippen LogP contribution in [0.25, 0.3) is 10.9 Å². The van der Waals surface area contributed by atoms with Gasteiger partial charge >= 0.3 is 0 Å². The van der Waals surface area contributed by atoms with Crippen molar-refractivity contribution in [3.8, 4) is 0 Å². The van der Waals surface area contributed by atoms with Gasteiger partial charge in [0.05, 0.1) is 16.1 Å². The molecule has 0 unspecified atom stereocenters. The Morgan fingerprint density at radius 3 is 2.39 bits per heavy atom. The first-order valence-corrected chi connectivity index (χ1v) is 10.1. The average molecular weight is 393 g/mol. The van der Waals surface area contributed by atoms with Crippen molar-refractivity contribution in [1.29, 1.82) is 0 Å². The van der Waals surface area contributed by atoms with Crippen LogP contribution in [-0.2, 0) is 0 Å². The third kappa shape index (κ3) is 3.20. The lowest BCUT2D eigenvalue weighted by atomic mass is 10.1. The zero-order valence-electron chi connectivity index (χ0n) is 15.5. The van der Waals surface area contributed by atoms with E-state index in [1.165, 1.54) is 12.8 Å². The van der Waals surface area contributed by atoms with Gasteiger partial charge in [-0.25, -0.2) is 9.97 Å². The van der Waals surface area contributed by atoms with E-state index in [0.29, 0.717) is 29.6 Å². The molecule has 1 aliphatic heterocycles. The number of rotatable bonds is 3. The summed E-state index contributed by atoms with van der Waals surface area (Å²) >= 11 is 6.21. The lowest BCUT2D eigenvalue weighted by Gasteiger charge is -2.36. The molecular formula is C22H21ClN4O. The first-order chi connectivity index (χ1) is 13.7. The topological polar surface area (TPSA) is 49.3 Å². The van der Waals surface area contributed by atoms with E-state index in [1.54, 1.807) is 12.1 Å². The molecule has 0 bridgehead atoms. The van der Waals surface area contributed by atoms with Gasteiger partial charge in [-0.05, 0) is 37.1 Å². The average Bonchev–Trinajstić information content (AvgIpc) is 3.58. The molecular weight excluding hydrogens is 372 g/mol. The molecule has 2 aliphatic rings. The third-order valence-electron chi connectivity index (χ3n) is 5.51. The van der Waals surface area contributed by atoms with Crippen LogP contribution in [0.1, 0.15) is 34.9 Å². The predicted octanol–water partition coefficient (Wildman–Crippen LogP) is 4.12. The minimum atomic E-state index is -0.00327. The molecule has 1 aliphatic carbocycles. The normalized spacial score (nSPS) is 17.2. The molecule has 6 heteroatoms. The summed E-state index contributed by atoms with van der Waals surface area (Å²) in [6.07, 6.45) is 2.36. The van der Waals surface area contributed by atoms with Crippen molar-refractivity contribution in [3.05, 3.63) is 64.9 Å². The molecule has 1 aromatic heterocycles. The number of nitrogens with zero attached hydrogens (tertiary/aromatic N) is 4. The Labute approximate surface area is 169 Å². The highest BCUT2D eigenvalue weighted by molar-refractivity contribution is 6.33. The van der Waals surface area contributed by atoms with E-state index >= 15 is 0 Å². The lowest BCUT2D eigenvalue weighted by molar-refractivity contribution is 0.0747. The van der Waals surface area contributed by atoms with Gasteiger partial charge in [0.15, 0.2) is 0 Å². The van der Waals surface area contributed by atoms with Crippen molar-refractivity contribution in [2.24, 2.45) is 0 Å². The monoisotopic (exact) mass is 392 g/mol. The van der Waals surface area contributed by atoms with Gasteiger partial charge in [0.25, 0.3) is 5.91 Å². The molecule has 5 rings (SSSR count). The standard InChI is InChI=1S/C22H21ClN4O/c23-18-7-3-1-5-16(18)22(28)27-13-11-26(12-14-27)21-17-6-2-4-8-19(17)24-20(25-21)15-9-10-15/h1-8,15H,9-14H2. The molecule has 0 atom stereocenters. The smallest absolute Gasteiger partial charge is 0.255 e. The summed E-state index contributed by atoms with van der Waals surface area (Å²) in [7, 11) is 0. The van der Waals surface area contributed by atoms with Gasteiger partial charge in [0.2, 0.25) is 0 Å². The van der Waals surface area contributed by atoms with Crippen molar-refractivity contribution in [3.63, 3.8) is 0 Å². The number of aromatic nitrogens is 2. The van der Waals surface area contributed by atoms with Crippen molar-refractivity contribution in [1.82, 2.24) is 14.9 Å². The molecule has 2 fully saturated rings. The summed E-state index contributed by atoms with van der Waals surface area (Å²) in [6.45, 7) is 2.81. The number of para-hydroxylation sites is 1. The fraction of sp³-hybridized carbons (Fsp3) is 0.318. The van der Waals surface area contributed by atoms with Gasteiger partial charge in [0, 0.05) is 37.5 Å². The minimum absolute atomic E-state index is 0.00327. The highest BCUT2D eigenvalue weighted by atomic mass is 35.5. The van der Waals surface area contributed by atoms with Gasteiger partial charge in [0.1, 0.15) is 11.6 Å². The summed E-state index contributed by atoms with van der Waals surface area (Å²) in [6, 6.07) is 15.4. The molecule has 0 N–H and O–H groups in total. The van der Waals surface area contributed by atoms with Crippen LogP contribution in [0.15, 0.2) is 48.5 Å². The Morgan fingerprint density at radius 1 is 0.929 bits per heavy atom. The van der Waals surface area contributed by atoms with Crippen LogP contribution in [0, 0.1) is 0 Å². The van der Waals surface area contributed by atoms with Gasteiger partial charge in [-0.2, -0.15) is 0 Å². The largest absolute Gasteiger partial charge is 0.352 e. The molecule has 1 saturated heterocycles. The number of fused-ring (bicyclic) bond motifs is 1. The second-order valence-electron chi connectivity index (χ2n) is 7.46. The number of amides is 1.